The fraction of sp³-hybridized carbons (Fsp3) is 0.0833. The summed E-state index contributed by atoms with van der Waals surface area (Å²) in [5, 5.41) is 35.1. The van der Waals surface area contributed by atoms with Gasteiger partial charge in [-0.05, 0) is 58.7 Å². The third-order valence-corrected chi connectivity index (χ3v) is 4.94. The number of aliphatic hydroxyl groups is 1. The third kappa shape index (κ3) is 4.57. The lowest BCUT2D eigenvalue weighted by molar-refractivity contribution is 0.0850. The van der Waals surface area contributed by atoms with Crippen LogP contribution in [0, 0.1) is 0 Å². The second-order valence-electron chi connectivity index (χ2n) is 7.10. The Balaban J connectivity index is 1.59. The van der Waals surface area contributed by atoms with E-state index in [4.69, 9.17) is 0 Å². The van der Waals surface area contributed by atoms with Gasteiger partial charge in [0.25, 0.3) is 5.91 Å². The molecule has 0 spiro atoms. The molecule has 0 saturated carbocycles. The van der Waals surface area contributed by atoms with Crippen molar-refractivity contribution < 1.29 is 20.1 Å². The van der Waals surface area contributed by atoms with Crippen LogP contribution in [0.5, 0.6) is 11.5 Å². The van der Waals surface area contributed by atoms with Gasteiger partial charge in [-0.1, -0.05) is 24.3 Å². The van der Waals surface area contributed by atoms with Gasteiger partial charge >= 0.3 is 0 Å². The van der Waals surface area contributed by atoms with E-state index in [1.807, 2.05) is 36.4 Å². The lowest BCUT2D eigenvalue weighted by Gasteiger charge is -2.25. The third-order valence-electron chi connectivity index (χ3n) is 4.94. The van der Waals surface area contributed by atoms with E-state index >= 15 is 0 Å². The SMILES string of the molecule is O=C1NC(O)/C(=C\NCc2ccc(O)c(O)c2)c2cc(/C=C/c3ccncc3)ccc21. The number of hydrogen-bond acceptors (Lipinski definition) is 6. The van der Waals surface area contributed by atoms with Crippen molar-refractivity contribution in [3.8, 4) is 11.5 Å². The number of pyridine rings is 1. The Morgan fingerprint density at radius 2 is 1.71 bits per heavy atom. The molecule has 1 aliphatic rings. The molecular formula is C24H21N3O4. The Hall–Kier alpha value is -4.10. The number of nitrogens with zero attached hydrogens (tertiary/aromatic N) is 1. The molecule has 1 aliphatic heterocycles. The molecule has 2 aromatic carbocycles. The highest BCUT2D eigenvalue weighted by Crippen LogP contribution is 2.28. The molecular weight excluding hydrogens is 394 g/mol. The first-order chi connectivity index (χ1) is 15.0. The van der Waals surface area contributed by atoms with Crippen molar-refractivity contribution in [2.75, 3.05) is 0 Å². The molecule has 0 bridgehead atoms. The van der Waals surface area contributed by atoms with Crippen LogP contribution in [0.4, 0.5) is 0 Å². The maximum atomic E-state index is 12.3. The molecule has 1 amide bonds. The summed E-state index contributed by atoms with van der Waals surface area (Å²) >= 11 is 0. The number of aliphatic hydroxyl groups excluding tert-OH is 1. The number of hydrogen-bond donors (Lipinski definition) is 5. The zero-order valence-electron chi connectivity index (χ0n) is 16.5. The summed E-state index contributed by atoms with van der Waals surface area (Å²) in [5.41, 5.74) is 4.26. The summed E-state index contributed by atoms with van der Waals surface area (Å²) in [6, 6.07) is 13.8. The molecule has 0 saturated heterocycles. The average Bonchev–Trinajstić information content (AvgIpc) is 2.77. The summed E-state index contributed by atoms with van der Waals surface area (Å²) in [7, 11) is 0. The summed E-state index contributed by atoms with van der Waals surface area (Å²) in [6.45, 7) is 0.356. The van der Waals surface area contributed by atoms with Gasteiger partial charge in [0.05, 0.1) is 0 Å². The molecule has 5 N–H and O–H groups in total. The van der Waals surface area contributed by atoms with Crippen molar-refractivity contribution >= 4 is 23.6 Å². The number of aromatic nitrogens is 1. The largest absolute Gasteiger partial charge is 0.504 e. The van der Waals surface area contributed by atoms with E-state index in [0.29, 0.717) is 23.2 Å². The monoisotopic (exact) mass is 415 g/mol. The van der Waals surface area contributed by atoms with Crippen molar-refractivity contribution in [1.82, 2.24) is 15.6 Å². The molecule has 1 aromatic heterocycles. The second-order valence-corrected chi connectivity index (χ2v) is 7.10. The van der Waals surface area contributed by atoms with Crippen LogP contribution >= 0.6 is 0 Å². The first kappa shape index (κ1) is 20.2. The topological polar surface area (TPSA) is 115 Å². The first-order valence-corrected chi connectivity index (χ1v) is 9.67. The van der Waals surface area contributed by atoms with Crippen LogP contribution in [0.3, 0.4) is 0 Å². The molecule has 156 valence electrons. The second kappa shape index (κ2) is 8.73. The average molecular weight is 415 g/mol. The molecule has 0 radical (unpaired) electrons. The summed E-state index contributed by atoms with van der Waals surface area (Å²) < 4.78 is 0. The molecule has 7 heteroatoms. The molecule has 4 rings (SSSR count). The molecule has 3 aromatic rings. The highest BCUT2D eigenvalue weighted by atomic mass is 16.3. The number of phenols is 2. The number of carbonyl (C=O) groups excluding carboxylic acids is 1. The lowest BCUT2D eigenvalue weighted by atomic mass is 9.92. The van der Waals surface area contributed by atoms with Gasteiger partial charge in [0.2, 0.25) is 0 Å². The van der Waals surface area contributed by atoms with Crippen LogP contribution in [0.25, 0.3) is 17.7 Å². The number of rotatable bonds is 5. The number of benzene rings is 2. The van der Waals surface area contributed by atoms with E-state index in [1.54, 1.807) is 30.7 Å². The fourth-order valence-electron chi connectivity index (χ4n) is 3.31. The standard InChI is InChI=1S/C24H21N3O4/c28-21-6-4-17(12-22(21)29)13-26-14-20-19-11-16(2-1-15-7-9-25-10-8-15)3-5-18(19)23(30)27-24(20)31/h1-12,14,24,26,28-29,31H,13H2,(H,27,30)/b2-1+,20-14-. The maximum Gasteiger partial charge on any atom is 0.254 e. The van der Waals surface area contributed by atoms with E-state index in [9.17, 15) is 20.1 Å². The minimum atomic E-state index is -1.15. The van der Waals surface area contributed by atoms with Gasteiger partial charge in [-0.15, -0.1) is 0 Å². The quantitative estimate of drug-likeness (QED) is 0.410. The first-order valence-electron chi connectivity index (χ1n) is 9.67. The van der Waals surface area contributed by atoms with E-state index in [2.05, 4.69) is 15.6 Å². The molecule has 31 heavy (non-hydrogen) atoms. The number of phenolic OH excluding ortho intramolecular Hbond substituents is 2. The Kier molecular flexibility index (Phi) is 5.68. The molecule has 0 fully saturated rings. The molecule has 2 heterocycles. The molecule has 1 unspecified atom stereocenters. The number of nitrogens with one attached hydrogen (secondary N) is 2. The van der Waals surface area contributed by atoms with Gasteiger partial charge in [0.15, 0.2) is 17.7 Å². The summed E-state index contributed by atoms with van der Waals surface area (Å²) in [4.78, 5) is 16.3. The molecule has 1 atom stereocenters. The van der Waals surface area contributed by atoms with Crippen molar-refractivity contribution in [2.24, 2.45) is 0 Å². The minimum absolute atomic E-state index is 0.186. The fourth-order valence-corrected chi connectivity index (χ4v) is 3.31. The van der Waals surface area contributed by atoms with Crippen molar-refractivity contribution in [1.29, 1.82) is 0 Å². The minimum Gasteiger partial charge on any atom is -0.504 e. The van der Waals surface area contributed by atoms with Gasteiger partial charge in [-0.3, -0.25) is 9.78 Å². The van der Waals surface area contributed by atoms with E-state index in [0.717, 1.165) is 16.7 Å². The van der Waals surface area contributed by atoms with Crippen molar-refractivity contribution in [3.63, 3.8) is 0 Å². The number of fused-ring (bicyclic) bond motifs is 1. The normalized spacial score (nSPS) is 16.9. The van der Waals surface area contributed by atoms with Gasteiger partial charge in [-0.2, -0.15) is 0 Å². The van der Waals surface area contributed by atoms with Gasteiger partial charge < -0.3 is 26.0 Å². The molecule has 7 nitrogen and oxygen atoms in total. The van der Waals surface area contributed by atoms with Gasteiger partial charge in [0.1, 0.15) is 0 Å². The zero-order valence-corrected chi connectivity index (χ0v) is 16.5. The van der Waals surface area contributed by atoms with Crippen LogP contribution in [-0.4, -0.2) is 32.4 Å². The number of amides is 1. The van der Waals surface area contributed by atoms with Crippen LogP contribution in [0.2, 0.25) is 0 Å². The Morgan fingerprint density at radius 1 is 0.935 bits per heavy atom. The van der Waals surface area contributed by atoms with Crippen LogP contribution in [-0.2, 0) is 6.54 Å². The predicted octanol–water partition coefficient (Wildman–Crippen LogP) is 2.86. The number of carbonyl (C=O) groups is 1. The van der Waals surface area contributed by atoms with E-state index in [-0.39, 0.29) is 17.4 Å². The van der Waals surface area contributed by atoms with E-state index < -0.39 is 6.23 Å². The lowest BCUT2D eigenvalue weighted by Crippen LogP contribution is -2.40. The van der Waals surface area contributed by atoms with E-state index in [1.165, 1.54) is 12.1 Å². The van der Waals surface area contributed by atoms with Gasteiger partial charge in [-0.25, -0.2) is 0 Å². The summed E-state index contributed by atoms with van der Waals surface area (Å²) in [5.74, 6) is -0.727. The highest BCUT2D eigenvalue weighted by Gasteiger charge is 2.27. The smallest absolute Gasteiger partial charge is 0.254 e. The Labute approximate surface area is 179 Å². The predicted molar refractivity (Wildman–Crippen MR) is 118 cm³/mol. The van der Waals surface area contributed by atoms with Crippen molar-refractivity contribution in [2.45, 2.75) is 12.8 Å². The van der Waals surface area contributed by atoms with Crippen molar-refractivity contribution in [3.05, 3.63) is 94.9 Å². The summed E-state index contributed by atoms with van der Waals surface area (Å²) in [6.07, 6.45) is 7.80. The van der Waals surface area contributed by atoms with Crippen LogP contribution in [0.15, 0.2) is 67.1 Å². The zero-order chi connectivity index (χ0) is 21.8. The Morgan fingerprint density at radius 3 is 2.48 bits per heavy atom. The van der Waals surface area contributed by atoms with Crippen LogP contribution < -0.4 is 10.6 Å². The van der Waals surface area contributed by atoms with Gasteiger partial charge in [0, 0.05) is 36.3 Å². The maximum absolute atomic E-state index is 12.3. The highest BCUT2D eigenvalue weighted by molar-refractivity contribution is 6.03. The molecule has 0 aliphatic carbocycles. The van der Waals surface area contributed by atoms with Crippen LogP contribution in [0.1, 0.15) is 32.6 Å². The number of aromatic hydroxyl groups is 2. The Bertz CT molecular complexity index is 1170.